The second-order valence-electron chi connectivity index (χ2n) is 2.83. The maximum atomic E-state index is 8.40. The summed E-state index contributed by atoms with van der Waals surface area (Å²) in [6, 6.07) is 1.78. The minimum atomic E-state index is -0.259. The SMILES string of the molecule is N#C[C@@H](N)C[C@H]1CCNC1. The van der Waals surface area contributed by atoms with E-state index in [0.29, 0.717) is 5.92 Å². The van der Waals surface area contributed by atoms with Crippen molar-refractivity contribution in [3.63, 3.8) is 0 Å². The number of nitrogens with one attached hydrogen (secondary N) is 1. The van der Waals surface area contributed by atoms with Gasteiger partial charge in [0.25, 0.3) is 0 Å². The van der Waals surface area contributed by atoms with E-state index in [0.717, 1.165) is 19.5 Å². The van der Waals surface area contributed by atoms with E-state index in [1.54, 1.807) is 0 Å². The summed E-state index contributed by atoms with van der Waals surface area (Å²) in [5.41, 5.74) is 5.46. The molecule has 1 aliphatic heterocycles. The van der Waals surface area contributed by atoms with Crippen molar-refractivity contribution in [1.82, 2.24) is 5.32 Å². The molecule has 1 fully saturated rings. The molecule has 0 aliphatic carbocycles. The molecular formula is C7H13N3. The summed E-state index contributed by atoms with van der Waals surface area (Å²) in [6.45, 7) is 2.12. The zero-order chi connectivity index (χ0) is 7.40. The monoisotopic (exact) mass is 139 g/mol. The van der Waals surface area contributed by atoms with Crippen molar-refractivity contribution in [1.29, 1.82) is 5.26 Å². The molecule has 0 amide bonds. The Kier molecular flexibility index (Phi) is 2.67. The Morgan fingerprint density at radius 1 is 1.80 bits per heavy atom. The molecule has 1 saturated heterocycles. The predicted octanol–water partition coefficient (Wildman–Crippen LogP) is -0.163. The molecule has 1 aliphatic rings. The summed E-state index contributed by atoms with van der Waals surface area (Å²) in [7, 11) is 0. The molecule has 0 unspecified atom stereocenters. The highest BCUT2D eigenvalue weighted by Crippen LogP contribution is 2.12. The van der Waals surface area contributed by atoms with E-state index in [9.17, 15) is 0 Å². The summed E-state index contributed by atoms with van der Waals surface area (Å²) in [5, 5.41) is 11.6. The first-order chi connectivity index (χ1) is 4.83. The van der Waals surface area contributed by atoms with E-state index in [2.05, 4.69) is 5.32 Å². The number of hydrogen-bond acceptors (Lipinski definition) is 3. The van der Waals surface area contributed by atoms with Crippen LogP contribution in [0.15, 0.2) is 0 Å². The fourth-order valence-corrected chi connectivity index (χ4v) is 1.33. The molecule has 0 aromatic rings. The molecule has 0 aromatic heterocycles. The van der Waals surface area contributed by atoms with Gasteiger partial charge in [-0.05, 0) is 31.8 Å². The van der Waals surface area contributed by atoms with Gasteiger partial charge in [0.2, 0.25) is 0 Å². The number of nitrogens with zero attached hydrogens (tertiary/aromatic N) is 1. The van der Waals surface area contributed by atoms with Crippen molar-refractivity contribution in [2.75, 3.05) is 13.1 Å². The molecule has 2 atom stereocenters. The third-order valence-corrected chi connectivity index (χ3v) is 1.92. The Labute approximate surface area is 61.2 Å². The first-order valence-corrected chi connectivity index (χ1v) is 3.69. The predicted molar refractivity (Wildman–Crippen MR) is 39.2 cm³/mol. The van der Waals surface area contributed by atoms with Crippen LogP contribution >= 0.6 is 0 Å². The standard InChI is InChI=1S/C7H13N3/c8-4-7(9)3-6-1-2-10-5-6/h6-7,10H,1-3,5,9H2/t6-,7+/m1/s1. The van der Waals surface area contributed by atoms with Crippen LogP contribution in [-0.2, 0) is 0 Å². The van der Waals surface area contributed by atoms with Crippen molar-refractivity contribution in [2.24, 2.45) is 11.7 Å². The Hall–Kier alpha value is -0.590. The molecule has 3 nitrogen and oxygen atoms in total. The zero-order valence-electron chi connectivity index (χ0n) is 6.01. The van der Waals surface area contributed by atoms with Crippen LogP contribution in [0.5, 0.6) is 0 Å². The van der Waals surface area contributed by atoms with Crippen LogP contribution in [0.4, 0.5) is 0 Å². The normalized spacial score (nSPS) is 27.8. The van der Waals surface area contributed by atoms with Crippen molar-refractivity contribution < 1.29 is 0 Å². The lowest BCUT2D eigenvalue weighted by Gasteiger charge is -2.07. The molecule has 1 heterocycles. The van der Waals surface area contributed by atoms with Crippen LogP contribution in [0.2, 0.25) is 0 Å². The van der Waals surface area contributed by atoms with Crippen LogP contribution in [0, 0.1) is 17.2 Å². The zero-order valence-corrected chi connectivity index (χ0v) is 6.01. The van der Waals surface area contributed by atoms with E-state index >= 15 is 0 Å². The second kappa shape index (κ2) is 3.55. The van der Waals surface area contributed by atoms with Crippen LogP contribution in [0.1, 0.15) is 12.8 Å². The van der Waals surface area contributed by atoms with Crippen LogP contribution in [0.3, 0.4) is 0 Å². The Bertz CT molecular complexity index is 132. The minimum absolute atomic E-state index is 0.259. The topological polar surface area (TPSA) is 61.8 Å². The van der Waals surface area contributed by atoms with Gasteiger partial charge in [-0.15, -0.1) is 0 Å². The fraction of sp³-hybridized carbons (Fsp3) is 0.857. The van der Waals surface area contributed by atoms with Crippen molar-refractivity contribution in [2.45, 2.75) is 18.9 Å². The highest BCUT2D eigenvalue weighted by Gasteiger charge is 2.16. The summed E-state index contributed by atoms with van der Waals surface area (Å²) >= 11 is 0. The first kappa shape index (κ1) is 7.52. The maximum Gasteiger partial charge on any atom is 0.0931 e. The lowest BCUT2D eigenvalue weighted by Crippen LogP contribution is -2.22. The average molecular weight is 139 g/mol. The summed E-state index contributed by atoms with van der Waals surface area (Å²) in [6.07, 6.45) is 2.03. The summed E-state index contributed by atoms with van der Waals surface area (Å²) in [5.74, 6) is 0.634. The lowest BCUT2D eigenvalue weighted by molar-refractivity contribution is 0.506. The fourth-order valence-electron chi connectivity index (χ4n) is 1.33. The molecule has 3 heteroatoms. The van der Waals surface area contributed by atoms with Crippen molar-refractivity contribution in [3.05, 3.63) is 0 Å². The molecular weight excluding hydrogens is 126 g/mol. The molecule has 0 bridgehead atoms. The Morgan fingerprint density at radius 2 is 2.60 bits per heavy atom. The van der Waals surface area contributed by atoms with Gasteiger partial charge in [0, 0.05) is 0 Å². The van der Waals surface area contributed by atoms with Gasteiger partial charge in [-0.1, -0.05) is 0 Å². The van der Waals surface area contributed by atoms with Gasteiger partial charge >= 0.3 is 0 Å². The van der Waals surface area contributed by atoms with Gasteiger partial charge < -0.3 is 11.1 Å². The van der Waals surface area contributed by atoms with Gasteiger partial charge in [-0.25, -0.2) is 0 Å². The van der Waals surface area contributed by atoms with Crippen molar-refractivity contribution >= 4 is 0 Å². The maximum absolute atomic E-state index is 8.40. The van der Waals surface area contributed by atoms with Crippen molar-refractivity contribution in [3.8, 4) is 6.07 Å². The number of nitriles is 1. The van der Waals surface area contributed by atoms with E-state index < -0.39 is 0 Å². The number of nitrogens with two attached hydrogens (primary N) is 1. The van der Waals surface area contributed by atoms with E-state index in [4.69, 9.17) is 11.0 Å². The summed E-state index contributed by atoms with van der Waals surface area (Å²) in [4.78, 5) is 0. The summed E-state index contributed by atoms with van der Waals surface area (Å²) < 4.78 is 0. The minimum Gasteiger partial charge on any atom is -0.316 e. The average Bonchev–Trinajstić information content (AvgIpc) is 2.40. The van der Waals surface area contributed by atoms with E-state index in [1.165, 1.54) is 6.42 Å². The largest absolute Gasteiger partial charge is 0.316 e. The molecule has 10 heavy (non-hydrogen) atoms. The van der Waals surface area contributed by atoms with Gasteiger partial charge in [-0.2, -0.15) is 5.26 Å². The Morgan fingerprint density at radius 3 is 3.10 bits per heavy atom. The number of rotatable bonds is 2. The molecule has 56 valence electrons. The van der Waals surface area contributed by atoms with Crippen LogP contribution in [-0.4, -0.2) is 19.1 Å². The van der Waals surface area contributed by atoms with Gasteiger partial charge in [-0.3, -0.25) is 0 Å². The van der Waals surface area contributed by atoms with E-state index in [-0.39, 0.29) is 6.04 Å². The second-order valence-corrected chi connectivity index (χ2v) is 2.83. The third-order valence-electron chi connectivity index (χ3n) is 1.92. The molecule has 0 aromatic carbocycles. The molecule has 1 rings (SSSR count). The smallest absolute Gasteiger partial charge is 0.0931 e. The van der Waals surface area contributed by atoms with Gasteiger partial charge in [0.05, 0.1) is 12.1 Å². The Balaban J connectivity index is 2.19. The molecule has 0 spiro atoms. The molecule has 3 N–H and O–H groups in total. The van der Waals surface area contributed by atoms with E-state index in [1.807, 2.05) is 6.07 Å². The van der Waals surface area contributed by atoms with Gasteiger partial charge in [0.15, 0.2) is 0 Å². The third kappa shape index (κ3) is 1.98. The number of hydrogen-bond donors (Lipinski definition) is 2. The molecule has 0 radical (unpaired) electrons. The highest BCUT2D eigenvalue weighted by atomic mass is 14.9. The quantitative estimate of drug-likeness (QED) is 0.558. The first-order valence-electron chi connectivity index (χ1n) is 3.69. The lowest BCUT2D eigenvalue weighted by atomic mass is 10.0. The van der Waals surface area contributed by atoms with Gasteiger partial charge in [0.1, 0.15) is 0 Å². The van der Waals surface area contributed by atoms with Crippen LogP contribution < -0.4 is 11.1 Å². The molecule has 0 saturated carbocycles. The van der Waals surface area contributed by atoms with Crippen LogP contribution in [0.25, 0.3) is 0 Å². The highest BCUT2D eigenvalue weighted by molar-refractivity contribution is 4.89.